The fourth-order valence-electron chi connectivity index (χ4n) is 2.10. The lowest BCUT2D eigenvalue weighted by Gasteiger charge is -2.01. The maximum atomic E-state index is 6.02. The van der Waals surface area contributed by atoms with Gasteiger partial charge in [0, 0.05) is 22.5 Å². The van der Waals surface area contributed by atoms with Crippen molar-refractivity contribution in [3.05, 3.63) is 52.3 Å². The predicted octanol–water partition coefficient (Wildman–Crippen LogP) is 4.20. The smallest absolute Gasteiger partial charge is 0.162 e. The van der Waals surface area contributed by atoms with Crippen LogP contribution < -0.4 is 5.73 Å². The molecule has 2 N–H and O–H groups in total. The summed E-state index contributed by atoms with van der Waals surface area (Å²) in [5.41, 5.74) is 10.0. The molecule has 5 heteroatoms. The summed E-state index contributed by atoms with van der Waals surface area (Å²) in [5, 5.41) is 1.22. The molecule has 0 aliphatic rings. The van der Waals surface area contributed by atoms with Crippen molar-refractivity contribution in [3.63, 3.8) is 0 Å². The normalized spacial score (nSPS) is 11.1. The Morgan fingerprint density at radius 1 is 1.11 bits per heavy atom. The van der Waals surface area contributed by atoms with Gasteiger partial charge in [-0.2, -0.15) is 0 Å². The van der Waals surface area contributed by atoms with E-state index in [1.807, 2.05) is 41.8 Å². The Labute approximate surface area is 120 Å². The zero-order chi connectivity index (χ0) is 13.6. The van der Waals surface area contributed by atoms with Crippen molar-refractivity contribution < 1.29 is 0 Å². The zero-order valence-electron chi connectivity index (χ0n) is 10.2. The van der Waals surface area contributed by atoms with Gasteiger partial charge in [-0.1, -0.05) is 35.3 Å². The van der Waals surface area contributed by atoms with Crippen LogP contribution in [0.3, 0.4) is 0 Å². The molecule has 0 saturated carbocycles. The van der Waals surface area contributed by atoms with Crippen molar-refractivity contribution in [1.82, 2.24) is 9.38 Å². The van der Waals surface area contributed by atoms with Crippen molar-refractivity contribution in [2.45, 2.75) is 6.92 Å². The van der Waals surface area contributed by atoms with E-state index in [2.05, 4.69) is 4.98 Å². The van der Waals surface area contributed by atoms with Gasteiger partial charge < -0.3 is 10.1 Å². The number of nitrogens with two attached hydrogens (primary N) is 1. The number of aryl methyl sites for hydroxylation is 1. The molecule has 96 valence electrons. The quantitative estimate of drug-likeness (QED) is 0.730. The monoisotopic (exact) mass is 291 g/mol. The Hall–Kier alpha value is -1.71. The number of nitrogens with zero attached hydrogens (tertiary/aromatic N) is 2. The second-order valence-corrected chi connectivity index (χ2v) is 5.17. The van der Waals surface area contributed by atoms with Crippen LogP contribution in [0.5, 0.6) is 0 Å². The van der Waals surface area contributed by atoms with Gasteiger partial charge in [0.15, 0.2) is 5.65 Å². The molecule has 2 heterocycles. The number of hydrogen-bond donors (Lipinski definition) is 1. The molecule has 3 nitrogen and oxygen atoms in total. The van der Waals surface area contributed by atoms with E-state index < -0.39 is 0 Å². The average Bonchev–Trinajstić information content (AvgIpc) is 2.73. The Kier molecular flexibility index (Phi) is 2.88. The van der Waals surface area contributed by atoms with Gasteiger partial charge in [-0.3, -0.25) is 0 Å². The highest BCUT2D eigenvalue weighted by atomic mass is 35.5. The third kappa shape index (κ3) is 1.95. The predicted molar refractivity (Wildman–Crippen MR) is 79.8 cm³/mol. The molecule has 0 radical (unpaired) electrons. The molecule has 1 aromatic carbocycles. The summed E-state index contributed by atoms with van der Waals surface area (Å²) in [7, 11) is 0. The van der Waals surface area contributed by atoms with Crippen LogP contribution in [0.4, 0.5) is 5.69 Å². The Morgan fingerprint density at radius 3 is 2.47 bits per heavy atom. The number of aromatic nitrogens is 2. The molecule has 19 heavy (non-hydrogen) atoms. The second-order valence-electron chi connectivity index (χ2n) is 4.32. The first-order valence-corrected chi connectivity index (χ1v) is 6.52. The lowest BCUT2D eigenvalue weighted by Crippen LogP contribution is -1.94. The highest BCUT2D eigenvalue weighted by Crippen LogP contribution is 2.30. The van der Waals surface area contributed by atoms with Crippen LogP contribution in [0.2, 0.25) is 10.0 Å². The molecule has 0 aliphatic carbocycles. The number of imidazole rings is 1. The topological polar surface area (TPSA) is 43.3 Å². The third-order valence-corrected chi connectivity index (χ3v) is 3.72. The molecule has 0 bridgehead atoms. The van der Waals surface area contributed by atoms with Gasteiger partial charge in [-0.15, -0.1) is 0 Å². The van der Waals surface area contributed by atoms with Crippen LogP contribution in [0.1, 0.15) is 5.69 Å². The summed E-state index contributed by atoms with van der Waals surface area (Å²) >= 11 is 11.9. The highest BCUT2D eigenvalue weighted by molar-refractivity contribution is 6.33. The molecule has 0 spiro atoms. The van der Waals surface area contributed by atoms with Gasteiger partial charge in [-0.05, 0) is 25.1 Å². The summed E-state index contributed by atoms with van der Waals surface area (Å²) < 4.78 is 1.94. The minimum absolute atomic E-state index is 0.493. The zero-order valence-corrected chi connectivity index (χ0v) is 11.7. The second kappa shape index (κ2) is 4.44. The molecule has 0 amide bonds. The standard InChI is InChI=1S/C14H11Cl2N3/c1-8-13(9-2-4-10(15)5-3-9)18-14-12(17)11(16)6-7-19(8)14/h2-7H,17H2,1H3. The van der Waals surface area contributed by atoms with E-state index in [-0.39, 0.29) is 0 Å². The highest BCUT2D eigenvalue weighted by Gasteiger charge is 2.13. The van der Waals surface area contributed by atoms with Crippen LogP contribution in [-0.4, -0.2) is 9.38 Å². The third-order valence-electron chi connectivity index (χ3n) is 3.14. The number of rotatable bonds is 1. The Morgan fingerprint density at radius 2 is 1.79 bits per heavy atom. The minimum Gasteiger partial charge on any atom is -0.394 e. The van der Waals surface area contributed by atoms with Crippen LogP contribution in [0.15, 0.2) is 36.5 Å². The van der Waals surface area contributed by atoms with Crippen LogP contribution in [-0.2, 0) is 0 Å². The largest absolute Gasteiger partial charge is 0.394 e. The Balaban J connectivity index is 2.28. The van der Waals surface area contributed by atoms with Gasteiger partial charge in [-0.25, -0.2) is 4.98 Å². The molecule has 3 aromatic rings. The minimum atomic E-state index is 0.493. The van der Waals surface area contributed by atoms with Gasteiger partial charge in [0.1, 0.15) is 0 Å². The number of anilines is 1. The first-order chi connectivity index (χ1) is 9.08. The van der Waals surface area contributed by atoms with Gasteiger partial charge in [0.2, 0.25) is 0 Å². The van der Waals surface area contributed by atoms with Gasteiger partial charge in [0.05, 0.1) is 16.4 Å². The maximum Gasteiger partial charge on any atom is 0.162 e. The lowest BCUT2D eigenvalue weighted by molar-refractivity contribution is 1.11. The summed E-state index contributed by atoms with van der Waals surface area (Å²) in [4.78, 5) is 4.58. The first-order valence-electron chi connectivity index (χ1n) is 5.76. The van der Waals surface area contributed by atoms with Crippen LogP contribution >= 0.6 is 23.2 Å². The van der Waals surface area contributed by atoms with Gasteiger partial charge in [0.25, 0.3) is 0 Å². The molecular formula is C14H11Cl2N3. The lowest BCUT2D eigenvalue weighted by atomic mass is 10.1. The van der Waals surface area contributed by atoms with Crippen LogP contribution in [0.25, 0.3) is 16.9 Å². The SMILES string of the molecule is Cc1c(-c2ccc(Cl)cc2)nc2c(N)c(Cl)ccn12. The van der Waals surface area contributed by atoms with Crippen molar-refractivity contribution in [3.8, 4) is 11.3 Å². The van der Waals surface area contributed by atoms with Crippen molar-refractivity contribution in [1.29, 1.82) is 0 Å². The maximum absolute atomic E-state index is 6.02. The van der Waals surface area contributed by atoms with E-state index in [1.54, 1.807) is 6.07 Å². The summed E-state index contributed by atoms with van der Waals surface area (Å²) in [6.07, 6.45) is 1.87. The number of pyridine rings is 1. The van der Waals surface area contributed by atoms with E-state index >= 15 is 0 Å². The van der Waals surface area contributed by atoms with E-state index in [1.165, 1.54) is 0 Å². The Bertz CT molecular complexity index is 760. The van der Waals surface area contributed by atoms with Crippen molar-refractivity contribution in [2.24, 2.45) is 0 Å². The fraction of sp³-hybridized carbons (Fsp3) is 0.0714. The molecule has 0 aliphatic heterocycles. The number of fused-ring (bicyclic) bond motifs is 1. The first kappa shape index (κ1) is 12.3. The van der Waals surface area contributed by atoms with E-state index in [4.69, 9.17) is 28.9 Å². The molecule has 0 atom stereocenters. The number of nitrogen functional groups attached to an aromatic ring is 1. The fourth-order valence-corrected chi connectivity index (χ4v) is 2.37. The molecule has 0 saturated heterocycles. The summed E-state index contributed by atoms with van der Waals surface area (Å²) in [5.74, 6) is 0. The van der Waals surface area contributed by atoms with E-state index in [9.17, 15) is 0 Å². The molecule has 0 unspecified atom stereocenters. The van der Waals surface area contributed by atoms with E-state index in [0.717, 1.165) is 17.0 Å². The molecular weight excluding hydrogens is 281 g/mol. The number of benzene rings is 1. The van der Waals surface area contributed by atoms with Gasteiger partial charge >= 0.3 is 0 Å². The van der Waals surface area contributed by atoms with Crippen molar-refractivity contribution >= 4 is 34.5 Å². The van der Waals surface area contributed by atoms with Crippen LogP contribution in [0, 0.1) is 6.92 Å². The molecule has 2 aromatic heterocycles. The summed E-state index contributed by atoms with van der Waals surface area (Å²) in [6, 6.07) is 9.33. The molecule has 0 fully saturated rings. The summed E-state index contributed by atoms with van der Waals surface area (Å²) in [6.45, 7) is 2.00. The number of hydrogen-bond acceptors (Lipinski definition) is 2. The molecule has 3 rings (SSSR count). The van der Waals surface area contributed by atoms with Crippen molar-refractivity contribution in [2.75, 3.05) is 5.73 Å². The average molecular weight is 292 g/mol. The number of halogens is 2. The van der Waals surface area contributed by atoms with E-state index in [0.29, 0.717) is 21.4 Å².